The zero-order valence-electron chi connectivity index (χ0n) is 11.7. The average Bonchev–Trinajstić information content (AvgIpc) is 2.91. The van der Waals surface area contributed by atoms with E-state index in [1.54, 1.807) is 6.07 Å². The number of hydrogen-bond donors (Lipinski definition) is 1. The zero-order valence-corrected chi connectivity index (χ0v) is 12.5. The molecule has 1 aliphatic rings. The molecule has 1 aromatic carbocycles. The van der Waals surface area contributed by atoms with Crippen LogP contribution in [0.4, 0.5) is 4.39 Å². The molecule has 23 heavy (non-hydrogen) atoms. The maximum absolute atomic E-state index is 13.6. The first-order chi connectivity index (χ1) is 10.8. The molecule has 1 aromatic heterocycles. The Morgan fingerprint density at radius 2 is 2.09 bits per heavy atom. The molecule has 7 nitrogen and oxygen atoms in total. The number of amides is 1. The summed E-state index contributed by atoms with van der Waals surface area (Å²) in [4.78, 5) is 24.7. The Bertz CT molecular complexity index is 903. The first-order valence-electron chi connectivity index (χ1n) is 6.71. The van der Waals surface area contributed by atoms with Gasteiger partial charge in [-0.2, -0.15) is 0 Å². The highest BCUT2D eigenvalue weighted by Gasteiger charge is 2.39. The number of sulfone groups is 1. The molecule has 122 valence electrons. The van der Waals surface area contributed by atoms with Crippen molar-refractivity contribution in [1.82, 2.24) is 4.90 Å². The van der Waals surface area contributed by atoms with Gasteiger partial charge in [-0.05, 0) is 12.1 Å². The molecule has 1 fully saturated rings. The minimum atomic E-state index is -3.52. The maximum atomic E-state index is 13.6. The molecule has 1 saturated heterocycles. The fourth-order valence-corrected chi connectivity index (χ4v) is 3.97. The summed E-state index contributed by atoms with van der Waals surface area (Å²) in [5.41, 5.74) is -0.104. The number of aliphatic carboxylic acids is 1. The largest absolute Gasteiger partial charge is 0.480 e. The van der Waals surface area contributed by atoms with Crippen LogP contribution in [-0.2, 0) is 14.6 Å². The van der Waals surface area contributed by atoms with E-state index in [0.29, 0.717) is 5.39 Å². The second-order valence-electron chi connectivity index (χ2n) is 5.24. The third-order valence-corrected chi connectivity index (χ3v) is 5.31. The van der Waals surface area contributed by atoms with Crippen LogP contribution in [0.5, 0.6) is 0 Å². The van der Waals surface area contributed by atoms with E-state index in [1.807, 2.05) is 0 Å². The Hall–Kier alpha value is -2.42. The highest BCUT2D eigenvalue weighted by atomic mass is 32.2. The van der Waals surface area contributed by atoms with Gasteiger partial charge in [0.2, 0.25) is 0 Å². The second kappa shape index (κ2) is 5.34. The molecule has 1 atom stereocenters. The third kappa shape index (κ3) is 2.79. The molecule has 1 unspecified atom stereocenters. The Kier molecular flexibility index (Phi) is 3.59. The van der Waals surface area contributed by atoms with Crippen LogP contribution in [0, 0.1) is 5.82 Å². The van der Waals surface area contributed by atoms with Crippen molar-refractivity contribution in [2.75, 3.05) is 18.1 Å². The molecule has 0 spiro atoms. The first-order valence-corrected chi connectivity index (χ1v) is 8.53. The summed E-state index contributed by atoms with van der Waals surface area (Å²) in [5, 5.41) is 9.54. The van der Waals surface area contributed by atoms with Crippen molar-refractivity contribution >= 4 is 32.7 Å². The van der Waals surface area contributed by atoms with E-state index in [1.165, 1.54) is 18.2 Å². The van der Waals surface area contributed by atoms with Crippen molar-refractivity contribution in [3.05, 3.63) is 35.8 Å². The SMILES string of the molecule is O=C(O)C1CS(=O)(=O)CCN1C(=O)c1cc2cccc(F)c2o1. The lowest BCUT2D eigenvalue weighted by molar-refractivity contribution is -0.141. The maximum Gasteiger partial charge on any atom is 0.327 e. The summed E-state index contributed by atoms with van der Waals surface area (Å²) >= 11 is 0. The summed E-state index contributed by atoms with van der Waals surface area (Å²) in [6.45, 7) is -0.252. The molecule has 1 aliphatic heterocycles. The smallest absolute Gasteiger partial charge is 0.327 e. The molecule has 2 heterocycles. The van der Waals surface area contributed by atoms with Crippen molar-refractivity contribution in [1.29, 1.82) is 0 Å². The number of carboxylic acids is 1. The lowest BCUT2D eigenvalue weighted by atomic mass is 10.2. The van der Waals surface area contributed by atoms with Crippen LogP contribution in [0.2, 0.25) is 0 Å². The number of para-hydroxylation sites is 1. The lowest BCUT2D eigenvalue weighted by Crippen LogP contribution is -2.54. The van der Waals surface area contributed by atoms with Crippen molar-refractivity contribution in [2.24, 2.45) is 0 Å². The van der Waals surface area contributed by atoms with Crippen molar-refractivity contribution < 1.29 is 31.9 Å². The molecular weight excluding hydrogens is 329 g/mol. The van der Waals surface area contributed by atoms with E-state index < -0.39 is 39.3 Å². The van der Waals surface area contributed by atoms with Gasteiger partial charge >= 0.3 is 5.97 Å². The van der Waals surface area contributed by atoms with Crippen LogP contribution in [0.3, 0.4) is 0 Å². The van der Waals surface area contributed by atoms with Gasteiger partial charge in [0.25, 0.3) is 5.91 Å². The summed E-state index contributed by atoms with van der Waals surface area (Å²) in [5.74, 6) is -4.03. The minimum absolute atomic E-state index is 0.104. The summed E-state index contributed by atoms with van der Waals surface area (Å²) < 4.78 is 42.0. The quantitative estimate of drug-likeness (QED) is 0.870. The van der Waals surface area contributed by atoms with Gasteiger partial charge < -0.3 is 14.4 Å². The predicted octanol–water partition coefficient (Wildman–Crippen LogP) is 0.896. The fourth-order valence-electron chi connectivity index (χ4n) is 2.53. The van der Waals surface area contributed by atoms with Crippen LogP contribution >= 0.6 is 0 Å². The zero-order chi connectivity index (χ0) is 16.8. The molecule has 0 bridgehead atoms. The number of nitrogens with zero attached hydrogens (tertiary/aromatic N) is 1. The van der Waals surface area contributed by atoms with E-state index in [4.69, 9.17) is 4.42 Å². The van der Waals surface area contributed by atoms with E-state index in [0.717, 1.165) is 4.90 Å². The topological polar surface area (TPSA) is 105 Å². The monoisotopic (exact) mass is 341 g/mol. The van der Waals surface area contributed by atoms with E-state index in [9.17, 15) is 27.5 Å². The Morgan fingerprint density at radius 3 is 2.74 bits per heavy atom. The molecule has 0 aliphatic carbocycles. The fraction of sp³-hybridized carbons (Fsp3) is 0.286. The van der Waals surface area contributed by atoms with Crippen molar-refractivity contribution in [2.45, 2.75) is 6.04 Å². The van der Waals surface area contributed by atoms with Crippen LogP contribution in [0.1, 0.15) is 10.6 Å². The number of halogens is 1. The predicted molar refractivity (Wildman–Crippen MR) is 77.3 cm³/mol. The Labute approximate surface area is 130 Å². The normalized spacial score (nSPS) is 20.6. The summed E-state index contributed by atoms with van der Waals surface area (Å²) in [6, 6.07) is 4.00. The number of carbonyl (C=O) groups excluding carboxylic acids is 1. The molecule has 3 rings (SSSR count). The van der Waals surface area contributed by atoms with Crippen LogP contribution in [0.25, 0.3) is 11.0 Å². The molecule has 2 aromatic rings. The minimum Gasteiger partial charge on any atom is -0.480 e. The van der Waals surface area contributed by atoms with Crippen LogP contribution < -0.4 is 0 Å². The van der Waals surface area contributed by atoms with Gasteiger partial charge in [0.1, 0.15) is 6.04 Å². The number of benzene rings is 1. The van der Waals surface area contributed by atoms with E-state index in [2.05, 4.69) is 0 Å². The van der Waals surface area contributed by atoms with Crippen LogP contribution in [-0.4, -0.2) is 54.4 Å². The van der Waals surface area contributed by atoms with Crippen LogP contribution in [0.15, 0.2) is 28.7 Å². The van der Waals surface area contributed by atoms with Crippen molar-refractivity contribution in [3.8, 4) is 0 Å². The first kappa shape index (κ1) is 15.5. The molecule has 0 saturated carbocycles. The lowest BCUT2D eigenvalue weighted by Gasteiger charge is -2.31. The number of carbonyl (C=O) groups is 2. The van der Waals surface area contributed by atoms with Crippen molar-refractivity contribution in [3.63, 3.8) is 0 Å². The summed E-state index contributed by atoms with van der Waals surface area (Å²) in [7, 11) is -3.52. The molecule has 1 N–H and O–H groups in total. The summed E-state index contributed by atoms with van der Waals surface area (Å²) in [6.07, 6.45) is 0. The van der Waals surface area contributed by atoms with Gasteiger partial charge in [0, 0.05) is 11.9 Å². The molecule has 1 amide bonds. The van der Waals surface area contributed by atoms with E-state index in [-0.39, 0.29) is 23.6 Å². The van der Waals surface area contributed by atoms with Gasteiger partial charge in [0.15, 0.2) is 27.0 Å². The van der Waals surface area contributed by atoms with Gasteiger partial charge in [-0.25, -0.2) is 17.6 Å². The highest BCUT2D eigenvalue weighted by molar-refractivity contribution is 7.91. The Balaban J connectivity index is 1.97. The number of fused-ring (bicyclic) bond motifs is 1. The van der Waals surface area contributed by atoms with Gasteiger partial charge in [0.05, 0.1) is 11.5 Å². The molecule has 0 radical (unpaired) electrons. The Morgan fingerprint density at radius 1 is 1.35 bits per heavy atom. The number of rotatable bonds is 2. The van der Waals surface area contributed by atoms with Gasteiger partial charge in [-0.3, -0.25) is 4.79 Å². The standard InChI is InChI=1S/C14H12FNO6S/c15-9-3-1-2-8-6-11(22-12(8)9)13(17)16-4-5-23(20,21)7-10(16)14(18)19/h1-3,6,10H,4-5,7H2,(H,18,19). The molecule has 9 heteroatoms. The van der Waals surface area contributed by atoms with E-state index >= 15 is 0 Å². The third-order valence-electron chi connectivity index (χ3n) is 3.68. The number of furan rings is 1. The van der Waals surface area contributed by atoms with Gasteiger partial charge in [-0.15, -0.1) is 0 Å². The molecular formula is C14H12FNO6S. The highest BCUT2D eigenvalue weighted by Crippen LogP contribution is 2.24. The second-order valence-corrected chi connectivity index (χ2v) is 7.46. The average molecular weight is 341 g/mol. The number of hydrogen-bond acceptors (Lipinski definition) is 5. The number of carboxylic acid groups (broad SMARTS) is 1. The van der Waals surface area contributed by atoms with Gasteiger partial charge in [-0.1, -0.05) is 12.1 Å².